The van der Waals surface area contributed by atoms with Crippen LogP contribution >= 0.6 is 22.7 Å². The Morgan fingerprint density at radius 1 is 1.28 bits per heavy atom. The lowest BCUT2D eigenvalue weighted by molar-refractivity contribution is 0.0478. The van der Waals surface area contributed by atoms with Crippen LogP contribution < -0.4 is 5.56 Å². The minimum Gasteiger partial charge on any atom is -0.454 e. The van der Waals surface area contributed by atoms with Gasteiger partial charge in [-0.2, -0.15) is 0 Å². The van der Waals surface area contributed by atoms with Crippen LogP contribution in [0.15, 0.2) is 35.4 Å². The molecule has 0 spiro atoms. The molecule has 0 atom stereocenters. The number of fused-ring (bicyclic) bond motifs is 2. The average molecular weight is 371 g/mol. The lowest BCUT2D eigenvalue weighted by Crippen LogP contribution is -2.16. The molecule has 0 radical (unpaired) electrons. The highest BCUT2D eigenvalue weighted by atomic mass is 32.1. The topological polar surface area (TPSA) is 74.1 Å². The summed E-state index contributed by atoms with van der Waals surface area (Å²) >= 11 is 2.68. The number of carbonyl (C=O) groups is 1. The molecule has 0 aliphatic heterocycles. The smallest absolute Gasteiger partial charge is 0.349 e. The summed E-state index contributed by atoms with van der Waals surface area (Å²) in [5, 5.41) is 1.21. The van der Waals surface area contributed by atoms with E-state index in [0.29, 0.717) is 20.7 Å². The Balaban J connectivity index is 1.61. The zero-order valence-electron chi connectivity index (χ0n) is 13.5. The number of thiophene rings is 1. The van der Waals surface area contributed by atoms with Gasteiger partial charge in [0, 0.05) is 7.05 Å². The second-order valence-corrected chi connectivity index (χ2v) is 7.66. The van der Waals surface area contributed by atoms with Crippen molar-refractivity contribution in [2.75, 3.05) is 0 Å². The summed E-state index contributed by atoms with van der Waals surface area (Å²) < 4.78 is 7.86. The van der Waals surface area contributed by atoms with Crippen LogP contribution in [-0.4, -0.2) is 20.5 Å². The third-order valence-electron chi connectivity index (χ3n) is 3.86. The quantitative estimate of drug-likeness (QED) is 0.517. The van der Waals surface area contributed by atoms with Gasteiger partial charge in [0.25, 0.3) is 5.56 Å². The van der Waals surface area contributed by atoms with Crippen LogP contribution in [0, 0.1) is 6.92 Å². The van der Waals surface area contributed by atoms with Crippen molar-refractivity contribution in [3.63, 3.8) is 0 Å². The van der Waals surface area contributed by atoms with Gasteiger partial charge >= 0.3 is 5.97 Å². The van der Waals surface area contributed by atoms with Gasteiger partial charge in [0.15, 0.2) is 0 Å². The van der Waals surface area contributed by atoms with Gasteiger partial charge in [0.1, 0.15) is 21.3 Å². The molecule has 0 amide bonds. The average Bonchev–Trinajstić information content (AvgIpc) is 3.17. The molecule has 0 bridgehead atoms. The molecule has 0 unspecified atom stereocenters. The third kappa shape index (κ3) is 2.73. The molecule has 0 N–H and O–H groups in total. The Bertz CT molecular complexity index is 1140. The number of para-hydroxylation sites is 1. The van der Waals surface area contributed by atoms with E-state index < -0.39 is 5.97 Å². The van der Waals surface area contributed by atoms with Gasteiger partial charge in [-0.15, -0.1) is 22.7 Å². The number of rotatable bonds is 3. The van der Waals surface area contributed by atoms with E-state index in [0.717, 1.165) is 15.2 Å². The van der Waals surface area contributed by atoms with Crippen LogP contribution in [0.5, 0.6) is 0 Å². The molecule has 0 aliphatic carbocycles. The number of esters is 1. The molecule has 8 heteroatoms. The zero-order chi connectivity index (χ0) is 17.6. The highest BCUT2D eigenvalue weighted by molar-refractivity contribution is 7.20. The van der Waals surface area contributed by atoms with Gasteiger partial charge in [-0.1, -0.05) is 12.1 Å². The van der Waals surface area contributed by atoms with Gasteiger partial charge in [-0.3, -0.25) is 4.79 Å². The predicted octanol–water partition coefficient (Wildman–Crippen LogP) is 3.27. The zero-order valence-corrected chi connectivity index (χ0v) is 15.1. The minimum atomic E-state index is -0.457. The molecule has 3 heterocycles. The van der Waals surface area contributed by atoms with E-state index in [1.807, 2.05) is 24.3 Å². The van der Waals surface area contributed by atoms with E-state index in [1.54, 1.807) is 14.0 Å². The van der Waals surface area contributed by atoms with Crippen LogP contribution in [0.25, 0.3) is 20.4 Å². The van der Waals surface area contributed by atoms with Crippen molar-refractivity contribution >= 4 is 49.1 Å². The van der Waals surface area contributed by atoms with E-state index in [9.17, 15) is 9.59 Å². The van der Waals surface area contributed by atoms with Crippen LogP contribution in [0.4, 0.5) is 0 Å². The van der Waals surface area contributed by atoms with Crippen molar-refractivity contribution in [2.45, 2.75) is 13.5 Å². The number of hydrogen-bond donors (Lipinski definition) is 0. The van der Waals surface area contributed by atoms with Gasteiger partial charge in [0.05, 0.1) is 21.9 Å². The van der Waals surface area contributed by atoms with Crippen LogP contribution in [0.1, 0.15) is 20.2 Å². The van der Waals surface area contributed by atoms with E-state index in [4.69, 9.17) is 4.74 Å². The number of aromatic nitrogens is 3. The van der Waals surface area contributed by atoms with Crippen molar-refractivity contribution in [3.8, 4) is 0 Å². The van der Waals surface area contributed by atoms with Crippen LogP contribution in [0.3, 0.4) is 0 Å². The Morgan fingerprint density at radius 2 is 2.08 bits per heavy atom. The molecule has 4 aromatic rings. The maximum absolute atomic E-state index is 12.4. The van der Waals surface area contributed by atoms with E-state index in [-0.39, 0.29) is 12.2 Å². The molecular formula is C17H13N3O3S2. The molecule has 0 saturated heterocycles. The Labute approximate surface area is 150 Å². The number of thiazole rings is 1. The molecule has 0 aliphatic rings. The number of benzene rings is 1. The highest BCUT2D eigenvalue weighted by Crippen LogP contribution is 2.28. The minimum absolute atomic E-state index is 0.108. The fourth-order valence-electron chi connectivity index (χ4n) is 2.58. The first-order valence-corrected chi connectivity index (χ1v) is 9.14. The van der Waals surface area contributed by atoms with Crippen molar-refractivity contribution in [2.24, 2.45) is 7.05 Å². The molecule has 0 fully saturated rings. The van der Waals surface area contributed by atoms with E-state index in [2.05, 4.69) is 9.97 Å². The monoisotopic (exact) mass is 371 g/mol. The summed E-state index contributed by atoms with van der Waals surface area (Å²) in [6.07, 6.45) is 1.46. The summed E-state index contributed by atoms with van der Waals surface area (Å²) in [6.45, 7) is 1.85. The molecule has 6 nitrogen and oxygen atoms in total. The van der Waals surface area contributed by atoms with Crippen molar-refractivity contribution < 1.29 is 9.53 Å². The second kappa shape index (κ2) is 6.05. The first-order chi connectivity index (χ1) is 12.0. The third-order valence-corrected chi connectivity index (χ3v) is 6.05. The van der Waals surface area contributed by atoms with Gasteiger partial charge in [-0.25, -0.2) is 14.8 Å². The number of hydrogen-bond acceptors (Lipinski definition) is 7. The van der Waals surface area contributed by atoms with Gasteiger partial charge < -0.3 is 9.30 Å². The number of carbonyl (C=O) groups excluding carboxylic acids is 1. The highest BCUT2D eigenvalue weighted by Gasteiger charge is 2.20. The van der Waals surface area contributed by atoms with E-state index in [1.165, 1.54) is 33.6 Å². The Hall–Kier alpha value is -2.58. The van der Waals surface area contributed by atoms with Gasteiger partial charge in [-0.05, 0) is 24.6 Å². The Morgan fingerprint density at radius 3 is 2.88 bits per heavy atom. The molecule has 4 rings (SSSR count). The maximum Gasteiger partial charge on any atom is 0.349 e. The lowest BCUT2D eigenvalue weighted by Gasteiger charge is -2.01. The number of aryl methyl sites for hydroxylation is 2. The lowest BCUT2D eigenvalue weighted by atomic mass is 10.2. The SMILES string of the molecule is Cc1c(C(=O)OCc2nc3ccccc3s2)sc2ncn(C)c(=O)c12. The molecule has 0 saturated carbocycles. The van der Waals surface area contributed by atoms with Gasteiger partial charge in [0.2, 0.25) is 0 Å². The normalized spacial score (nSPS) is 11.3. The summed E-state index contributed by atoms with van der Waals surface area (Å²) in [5.41, 5.74) is 1.34. The Kier molecular flexibility index (Phi) is 3.85. The van der Waals surface area contributed by atoms with Crippen molar-refractivity contribution in [3.05, 3.63) is 56.4 Å². The first kappa shape index (κ1) is 15.9. The maximum atomic E-state index is 12.4. The summed E-state index contributed by atoms with van der Waals surface area (Å²) in [6, 6.07) is 7.78. The largest absolute Gasteiger partial charge is 0.454 e. The van der Waals surface area contributed by atoms with Crippen molar-refractivity contribution in [1.29, 1.82) is 0 Å². The summed E-state index contributed by atoms with van der Waals surface area (Å²) in [5.74, 6) is -0.457. The summed E-state index contributed by atoms with van der Waals surface area (Å²) in [4.78, 5) is 34.3. The second-order valence-electron chi connectivity index (χ2n) is 5.55. The van der Waals surface area contributed by atoms with E-state index >= 15 is 0 Å². The van der Waals surface area contributed by atoms with Crippen LogP contribution in [-0.2, 0) is 18.4 Å². The molecule has 3 aromatic heterocycles. The molecular weight excluding hydrogens is 358 g/mol. The fourth-order valence-corrected chi connectivity index (χ4v) is 4.49. The fraction of sp³-hybridized carbons (Fsp3) is 0.176. The number of nitrogens with zero attached hydrogens (tertiary/aromatic N) is 3. The summed E-state index contributed by atoms with van der Waals surface area (Å²) in [7, 11) is 1.64. The number of ether oxygens (including phenoxy) is 1. The molecule has 126 valence electrons. The standard InChI is InChI=1S/C17H13N3O3S2/c1-9-13-15(18-8-20(2)16(13)21)25-14(9)17(22)23-7-12-19-10-5-3-4-6-11(10)24-12/h3-6,8H,7H2,1-2H3. The predicted molar refractivity (Wildman–Crippen MR) is 98.3 cm³/mol. The first-order valence-electron chi connectivity index (χ1n) is 7.51. The molecule has 1 aromatic carbocycles. The molecule has 25 heavy (non-hydrogen) atoms. The van der Waals surface area contributed by atoms with Crippen molar-refractivity contribution in [1.82, 2.24) is 14.5 Å². The van der Waals surface area contributed by atoms with Crippen LogP contribution in [0.2, 0.25) is 0 Å².